The van der Waals surface area contributed by atoms with E-state index in [9.17, 15) is 5.11 Å². The fourth-order valence-corrected chi connectivity index (χ4v) is 3.11. The Morgan fingerprint density at radius 1 is 0.857 bits per heavy atom. The van der Waals surface area contributed by atoms with Crippen LogP contribution >= 0.6 is 0 Å². The molecule has 0 aromatic heterocycles. The lowest BCUT2D eigenvalue weighted by Crippen LogP contribution is -2.23. The van der Waals surface area contributed by atoms with E-state index in [1.165, 1.54) is 0 Å². The van der Waals surface area contributed by atoms with E-state index in [2.05, 4.69) is 0 Å². The van der Waals surface area contributed by atoms with Crippen LogP contribution in [0.4, 0.5) is 0 Å². The minimum Gasteiger partial charge on any atom is -0.497 e. The summed E-state index contributed by atoms with van der Waals surface area (Å²) in [5.41, 5.74) is 2.87. The Hall–Kier alpha value is -2.82. The molecule has 1 N–H and O–H groups in total. The molecule has 0 saturated heterocycles. The number of hydrogen-bond acceptors (Lipinski definition) is 4. The first-order valence-electron chi connectivity index (χ1n) is 9.30. The number of ether oxygens (including phenoxy) is 3. The minimum atomic E-state index is -0.727. The second kappa shape index (κ2) is 9.93. The van der Waals surface area contributed by atoms with Crippen molar-refractivity contribution in [2.75, 3.05) is 14.2 Å². The molecule has 0 bridgehead atoms. The SMILES string of the molecule is COc1ccc(C[C@H](OC)[C@H](O)c2ccccc2)c(OCc2ccccc2)c1. The van der Waals surface area contributed by atoms with Gasteiger partial charge in [0.2, 0.25) is 0 Å². The van der Waals surface area contributed by atoms with Crippen LogP contribution in [0.5, 0.6) is 11.5 Å². The van der Waals surface area contributed by atoms with Crippen molar-refractivity contribution in [3.05, 3.63) is 95.6 Å². The molecule has 0 fully saturated rings. The van der Waals surface area contributed by atoms with Gasteiger partial charge in [-0.25, -0.2) is 0 Å². The van der Waals surface area contributed by atoms with Crippen LogP contribution in [0.2, 0.25) is 0 Å². The Labute approximate surface area is 166 Å². The molecule has 3 rings (SSSR count). The first-order chi connectivity index (χ1) is 13.7. The number of hydrogen-bond donors (Lipinski definition) is 1. The van der Waals surface area contributed by atoms with Crippen molar-refractivity contribution in [1.82, 2.24) is 0 Å². The van der Waals surface area contributed by atoms with Gasteiger partial charge in [0.15, 0.2) is 0 Å². The summed E-state index contributed by atoms with van der Waals surface area (Å²) in [5.74, 6) is 1.45. The summed E-state index contributed by atoms with van der Waals surface area (Å²) < 4.78 is 17.0. The Balaban J connectivity index is 1.79. The third kappa shape index (κ3) is 5.12. The van der Waals surface area contributed by atoms with E-state index in [0.717, 1.165) is 28.2 Å². The lowest BCUT2D eigenvalue weighted by Gasteiger charge is -2.23. The standard InChI is InChI=1S/C24H26O4/c1-26-21-14-13-20(22(16-21)28-17-18-9-5-3-6-10-18)15-23(27-2)24(25)19-11-7-4-8-12-19/h3-14,16,23-25H,15,17H2,1-2H3/t23-,24+/m0/s1. The first kappa shape index (κ1) is 19.9. The summed E-state index contributed by atoms with van der Waals surface area (Å²) in [5, 5.41) is 10.8. The highest BCUT2D eigenvalue weighted by molar-refractivity contribution is 5.41. The predicted octanol–water partition coefficient (Wildman–Crippen LogP) is 4.57. The van der Waals surface area contributed by atoms with Crippen molar-refractivity contribution >= 4 is 0 Å². The van der Waals surface area contributed by atoms with Crippen molar-refractivity contribution in [3.63, 3.8) is 0 Å². The highest BCUT2D eigenvalue weighted by Crippen LogP contribution is 2.30. The molecule has 28 heavy (non-hydrogen) atoms. The van der Waals surface area contributed by atoms with Gasteiger partial charge < -0.3 is 19.3 Å². The topological polar surface area (TPSA) is 47.9 Å². The van der Waals surface area contributed by atoms with Gasteiger partial charge in [0.1, 0.15) is 24.2 Å². The van der Waals surface area contributed by atoms with E-state index in [4.69, 9.17) is 14.2 Å². The zero-order valence-electron chi connectivity index (χ0n) is 16.2. The maximum Gasteiger partial charge on any atom is 0.126 e. The van der Waals surface area contributed by atoms with Crippen LogP contribution in [-0.4, -0.2) is 25.4 Å². The Morgan fingerprint density at radius 2 is 1.54 bits per heavy atom. The summed E-state index contributed by atoms with van der Waals surface area (Å²) in [4.78, 5) is 0. The van der Waals surface area contributed by atoms with Crippen LogP contribution in [0, 0.1) is 0 Å². The molecule has 0 spiro atoms. The van der Waals surface area contributed by atoms with Gasteiger partial charge in [-0.15, -0.1) is 0 Å². The molecule has 0 radical (unpaired) electrons. The van der Waals surface area contributed by atoms with Crippen LogP contribution in [0.15, 0.2) is 78.9 Å². The molecule has 0 aliphatic rings. The normalized spacial score (nSPS) is 13.0. The van der Waals surface area contributed by atoms with Crippen molar-refractivity contribution in [3.8, 4) is 11.5 Å². The van der Waals surface area contributed by atoms with E-state index < -0.39 is 12.2 Å². The number of aliphatic hydroxyl groups is 1. The van der Waals surface area contributed by atoms with E-state index in [1.54, 1.807) is 14.2 Å². The highest BCUT2D eigenvalue weighted by atomic mass is 16.5. The predicted molar refractivity (Wildman–Crippen MR) is 110 cm³/mol. The number of methoxy groups -OCH3 is 2. The third-order valence-electron chi connectivity index (χ3n) is 4.73. The van der Waals surface area contributed by atoms with E-state index in [0.29, 0.717) is 13.0 Å². The molecule has 4 heteroatoms. The van der Waals surface area contributed by atoms with Gasteiger partial charge >= 0.3 is 0 Å². The largest absolute Gasteiger partial charge is 0.497 e. The smallest absolute Gasteiger partial charge is 0.126 e. The summed E-state index contributed by atoms with van der Waals surface area (Å²) in [6, 6.07) is 25.3. The molecule has 0 heterocycles. The quantitative estimate of drug-likeness (QED) is 0.593. The van der Waals surface area contributed by atoms with Gasteiger partial charge in [0, 0.05) is 19.6 Å². The second-order valence-electron chi connectivity index (χ2n) is 6.58. The summed E-state index contributed by atoms with van der Waals surface area (Å²) in [7, 11) is 3.25. The molecule has 2 atom stereocenters. The zero-order valence-corrected chi connectivity index (χ0v) is 16.2. The average molecular weight is 378 g/mol. The van der Waals surface area contributed by atoms with Gasteiger partial charge in [0.05, 0.1) is 13.2 Å². The molecule has 146 valence electrons. The molecule has 3 aromatic rings. The molecule has 0 aliphatic heterocycles. The van der Waals surface area contributed by atoms with E-state index in [1.807, 2.05) is 78.9 Å². The third-order valence-corrected chi connectivity index (χ3v) is 4.73. The maximum atomic E-state index is 10.8. The average Bonchev–Trinajstić information content (AvgIpc) is 2.77. The lowest BCUT2D eigenvalue weighted by atomic mass is 9.97. The maximum absolute atomic E-state index is 10.8. The van der Waals surface area contributed by atoms with Crippen LogP contribution in [0.1, 0.15) is 22.8 Å². The van der Waals surface area contributed by atoms with Crippen LogP contribution < -0.4 is 9.47 Å². The molecule has 0 saturated carbocycles. The molecule has 3 aromatic carbocycles. The Bertz CT molecular complexity index is 849. The van der Waals surface area contributed by atoms with Gasteiger partial charge in [-0.1, -0.05) is 66.7 Å². The summed E-state index contributed by atoms with van der Waals surface area (Å²) >= 11 is 0. The number of aliphatic hydroxyl groups excluding tert-OH is 1. The van der Waals surface area contributed by atoms with Crippen molar-refractivity contribution in [2.45, 2.75) is 25.2 Å². The molecule has 0 unspecified atom stereocenters. The van der Waals surface area contributed by atoms with E-state index in [-0.39, 0.29) is 0 Å². The van der Waals surface area contributed by atoms with Gasteiger partial charge in [-0.05, 0) is 22.8 Å². The Morgan fingerprint density at radius 3 is 2.18 bits per heavy atom. The first-order valence-corrected chi connectivity index (χ1v) is 9.30. The highest BCUT2D eigenvalue weighted by Gasteiger charge is 2.22. The van der Waals surface area contributed by atoms with Crippen molar-refractivity contribution in [1.29, 1.82) is 0 Å². The number of rotatable bonds is 9. The minimum absolute atomic E-state index is 0.394. The Kier molecular flexibility index (Phi) is 7.06. The molecular formula is C24H26O4. The van der Waals surface area contributed by atoms with Crippen molar-refractivity contribution < 1.29 is 19.3 Å². The summed E-state index contributed by atoms with van der Waals surface area (Å²) in [6.45, 7) is 0.458. The van der Waals surface area contributed by atoms with Crippen molar-refractivity contribution in [2.24, 2.45) is 0 Å². The fourth-order valence-electron chi connectivity index (χ4n) is 3.11. The van der Waals surface area contributed by atoms with E-state index >= 15 is 0 Å². The molecule has 4 nitrogen and oxygen atoms in total. The monoisotopic (exact) mass is 378 g/mol. The van der Waals surface area contributed by atoms with Crippen LogP contribution in [0.25, 0.3) is 0 Å². The second-order valence-corrected chi connectivity index (χ2v) is 6.58. The molecule has 0 aliphatic carbocycles. The zero-order chi connectivity index (χ0) is 19.8. The fraction of sp³-hybridized carbons (Fsp3) is 0.250. The molecule has 0 amide bonds. The van der Waals surface area contributed by atoms with Gasteiger partial charge in [0.25, 0.3) is 0 Å². The molecular weight excluding hydrogens is 352 g/mol. The van der Waals surface area contributed by atoms with Crippen LogP contribution in [0.3, 0.4) is 0 Å². The van der Waals surface area contributed by atoms with Gasteiger partial charge in [-0.3, -0.25) is 0 Å². The summed E-state index contributed by atoms with van der Waals surface area (Å²) in [6.07, 6.45) is -0.606. The lowest BCUT2D eigenvalue weighted by molar-refractivity contribution is -0.0128. The van der Waals surface area contributed by atoms with Crippen LogP contribution in [-0.2, 0) is 17.8 Å². The number of benzene rings is 3. The van der Waals surface area contributed by atoms with Gasteiger partial charge in [-0.2, -0.15) is 0 Å².